The minimum Gasteiger partial charge on any atom is -0.478 e. The molecule has 0 radical (unpaired) electrons. The highest BCUT2D eigenvalue weighted by atomic mass is 16.5. The molecule has 0 bridgehead atoms. The Morgan fingerprint density at radius 3 is 2.95 bits per heavy atom. The first-order valence-electron chi connectivity index (χ1n) is 7.68. The largest absolute Gasteiger partial charge is 0.478 e. The Morgan fingerprint density at radius 1 is 1.43 bits per heavy atom. The minimum absolute atomic E-state index is 0.501. The average Bonchev–Trinajstić information content (AvgIpc) is 2.96. The molecule has 1 aromatic heterocycles. The lowest BCUT2D eigenvalue weighted by atomic mass is 10.2. The van der Waals surface area contributed by atoms with Gasteiger partial charge < -0.3 is 19.7 Å². The second-order valence-electron chi connectivity index (χ2n) is 5.31. The predicted octanol–water partition coefficient (Wildman–Crippen LogP) is 1.39. The van der Waals surface area contributed by atoms with Crippen molar-refractivity contribution in [1.82, 2.24) is 15.3 Å². The van der Waals surface area contributed by atoms with Crippen LogP contribution in [0.2, 0.25) is 0 Å². The first kappa shape index (κ1) is 16.0. The van der Waals surface area contributed by atoms with Crippen molar-refractivity contribution in [3.63, 3.8) is 0 Å². The summed E-state index contributed by atoms with van der Waals surface area (Å²) in [4.78, 5) is 11.3. The van der Waals surface area contributed by atoms with Gasteiger partial charge in [0.25, 0.3) is 0 Å². The number of methoxy groups -OCH3 is 1. The molecule has 6 nitrogen and oxygen atoms in total. The van der Waals surface area contributed by atoms with E-state index in [2.05, 4.69) is 20.2 Å². The smallest absolute Gasteiger partial charge is 0.229 e. The molecule has 6 heteroatoms. The van der Waals surface area contributed by atoms with E-state index in [0.29, 0.717) is 25.1 Å². The first-order valence-corrected chi connectivity index (χ1v) is 7.68. The lowest BCUT2D eigenvalue weighted by Gasteiger charge is -2.26. The van der Waals surface area contributed by atoms with Crippen LogP contribution in [-0.4, -0.2) is 56.0 Å². The van der Waals surface area contributed by atoms with Gasteiger partial charge in [0, 0.05) is 38.0 Å². The van der Waals surface area contributed by atoms with E-state index in [-0.39, 0.29) is 0 Å². The van der Waals surface area contributed by atoms with E-state index >= 15 is 0 Å². The molecule has 1 saturated heterocycles. The molecule has 118 valence electrons. The summed E-state index contributed by atoms with van der Waals surface area (Å²) in [5.41, 5.74) is 0.922. The summed E-state index contributed by atoms with van der Waals surface area (Å²) in [6.45, 7) is 7.98. The number of anilines is 1. The van der Waals surface area contributed by atoms with Crippen LogP contribution in [0.5, 0.6) is 5.88 Å². The Bertz CT molecular complexity index is 436. The highest BCUT2D eigenvalue weighted by molar-refractivity contribution is 5.34. The van der Waals surface area contributed by atoms with E-state index in [1.54, 1.807) is 7.11 Å². The Kier molecular flexibility index (Phi) is 6.20. The van der Waals surface area contributed by atoms with Crippen LogP contribution in [0, 0.1) is 6.92 Å². The minimum atomic E-state index is 0.501. The van der Waals surface area contributed by atoms with Crippen LogP contribution in [0.15, 0.2) is 6.07 Å². The van der Waals surface area contributed by atoms with Gasteiger partial charge in [0.05, 0.1) is 13.2 Å². The molecule has 1 N–H and O–H groups in total. The van der Waals surface area contributed by atoms with Crippen LogP contribution in [0.4, 0.5) is 5.95 Å². The molecule has 21 heavy (non-hydrogen) atoms. The molecule has 0 saturated carbocycles. The Balaban J connectivity index is 2.13. The fourth-order valence-electron chi connectivity index (χ4n) is 2.54. The van der Waals surface area contributed by atoms with Crippen LogP contribution >= 0.6 is 0 Å². The van der Waals surface area contributed by atoms with E-state index in [1.165, 1.54) is 12.8 Å². The number of hydrogen-bond acceptors (Lipinski definition) is 6. The van der Waals surface area contributed by atoms with Crippen molar-refractivity contribution in [1.29, 1.82) is 0 Å². The molecule has 1 aromatic rings. The second kappa shape index (κ2) is 8.14. The number of rotatable bonds is 8. The number of nitrogens with one attached hydrogen (secondary N) is 1. The van der Waals surface area contributed by atoms with Gasteiger partial charge in [-0.05, 0) is 33.2 Å². The molecule has 1 atom stereocenters. The molecule has 1 aliphatic heterocycles. The molecule has 0 spiro atoms. The van der Waals surface area contributed by atoms with Crippen LogP contribution in [-0.2, 0) is 4.74 Å². The standard InChI is InChI=1S/C15H26N4O2/c1-4-21-14-10-12(2)17-15(18-14)19(8-9-20-3)11-13-6-5-7-16-13/h10,13,16H,4-9,11H2,1-3H3. The third kappa shape index (κ3) is 4.82. The quantitative estimate of drug-likeness (QED) is 0.782. The summed E-state index contributed by atoms with van der Waals surface area (Å²) in [7, 11) is 1.72. The third-order valence-corrected chi connectivity index (χ3v) is 3.56. The molecule has 1 fully saturated rings. The zero-order valence-corrected chi connectivity index (χ0v) is 13.3. The summed E-state index contributed by atoms with van der Waals surface area (Å²) in [5.74, 6) is 1.37. The fraction of sp³-hybridized carbons (Fsp3) is 0.733. The lowest BCUT2D eigenvalue weighted by molar-refractivity contribution is 0.204. The monoisotopic (exact) mass is 294 g/mol. The maximum Gasteiger partial charge on any atom is 0.229 e. The SMILES string of the molecule is CCOc1cc(C)nc(N(CCOC)CC2CCCN2)n1. The summed E-state index contributed by atoms with van der Waals surface area (Å²) in [5, 5.41) is 3.52. The van der Waals surface area contributed by atoms with Gasteiger partial charge in [0.1, 0.15) is 0 Å². The normalized spacial score (nSPS) is 18.0. The molecule has 1 unspecified atom stereocenters. The predicted molar refractivity (Wildman–Crippen MR) is 83.1 cm³/mol. The molecular weight excluding hydrogens is 268 g/mol. The van der Waals surface area contributed by atoms with Gasteiger partial charge in [0.2, 0.25) is 11.8 Å². The molecule has 0 aliphatic carbocycles. The van der Waals surface area contributed by atoms with Gasteiger partial charge in [-0.1, -0.05) is 0 Å². The van der Waals surface area contributed by atoms with Crippen molar-refractivity contribution in [3.05, 3.63) is 11.8 Å². The molecular formula is C15H26N4O2. The maximum absolute atomic E-state index is 5.53. The van der Waals surface area contributed by atoms with Gasteiger partial charge in [-0.15, -0.1) is 0 Å². The van der Waals surface area contributed by atoms with E-state index < -0.39 is 0 Å². The van der Waals surface area contributed by atoms with Gasteiger partial charge in [-0.2, -0.15) is 4.98 Å². The highest BCUT2D eigenvalue weighted by Crippen LogP contribution is 2.17. The Labute approximate surface area is 126 Å². The Hall–Kier alpha value is -1.40. The van der Waals surface area contributed by atoms with Gasteiger partial charge in [-0.25, -0.2) is 4.98 Å². The van der Waals surface area contributed by atoms with Gasteiger partial charge in [-0.3, -0.25) is 0 Å². The van der Waals surface area contributed by atoms with Crippen molar-refractivity contribution in [2.45, 2.75) is 32.7 Å². The number of nitrogens with zero attached hydrogens (tertiary/aromatic N) is 3. The van der Waals surface area contributed by atoms with Crippen molar-refractivity contribution in [2.75, 3.05) is 44.9 Å². The highest BCUT2D eigenvalue weighted by Gasteiger charge is 2.20. The molecule has 1 aliphatic rings. The van der Waals surface area contributed by atoms with E-state index in [4.69, 9.17) is 9.47 Å². The number of aryl methyl sites for hydroxylation is 1. The summed E-state index contributed by atoms with van der Waals surface area (Å²) in [6, 6.07) is 2.37. The zero-order chi connectivity index (χ0) is 15.1. The number of ether oxygens (including phenoxy) is 2. The van der Waals surface area contributed by atoms with Crippen molar-refractivity contribution >= 4 is 5.95 Å². The first-order chi connectivity index (χ1) is 10.2. The molecule has 0 aromatic carbocycles. The lowest BCUT2D eigenvalue weighted by Crippen LogP contribution is -2.40. The third-order valence-electron chi connectivity index (χ3n) is 3.56. The van der Waals surface area contributed by atoms with Gasteiger partial charge >= 0.3 is 0 Å². The summed E-state index contributed by atoms with van der Waals surface area (Å²) >= 11 is 0. The molecule has 0 amide bonds. The summed E-state index contributed by atoms with van der Waals surface area (Å²) < 4.78 is 10.7. The number of aromatic nitrogens is 2. The van der Waals surface area contributed by atoms with Crippen molar-refractivity contribution < 1.29 is 9.47 Å². The fourth-order valence-corrected chi connectivity index (χ4v) is 2.54. The van der Waals surface area contributed by atoms with Crippen molar-refractivity contribution in [2.24, 2.45) is 0 Å². The van der Waals surface area contributed by atoms with Crippen LogP contribution in [0.25, 0.3) is 0 Å². The van der Waals surface area contributed by atoms with Crippen LogP contribution < -0.4 is 15.0 Å². The maximum atomic E-state index is 5.53. The number of hydrogen-bond donors (Lipinski definition) is 1. The molecule has 2 heterocycles. The average molecular weight is 294 g/mol. The molecule has 2 rings (SSSR count). The second-order valence-corrected chi connectivity index (χ2v) is 5.31. The topological polar surface area (TPSA) is 59.5 Å². The van der Waals surface area contributed by atoms with E-state index in [9.17, 15) is 0 Å². The van der Waals surface area contributed by atoms with Crippen LogP contribution in [0.3, 0.4) is 0 Å². The summed E-state index contributed by atoms with van der Waals surface area (Å²) in [6.07, 6.45) is 2.44. The van der Waals surface area contributed by atoms with Crippen molar-refractivity contribution in [3.8, 4) is 5.88 Å². The van der Waals surface area contributed by atoms with E-state index in [1.807, 2.05) is 19.9 Å². The van der Waals surface area contributed by atoms with Gasteiger partial charge in [0.15, 0.2) is 0 Å². The zero-order valence-electron chi connectivity index (χ0n) is 13.3. The Morgan fingerprint density at radius 2 is 2.29 bits per heavy atom. The van der Waals surface area contributed by atoms with E-state index in [0.717, 1.165) is 31.3 Å². The van der Waals surface area contributed by atoms with Crippen LogP contribution in [0.1, 0.15) is 25.5 Å².